The van der Waals surface area contributed by atoms with Crippen molar-refractivity contribution in [3.63, 3.8) is 0 Å². The summed E-state index contributed by atoms with van der Waals surface area (Å²) in [4.78, 5) is 12.0. The van der Waals surface area contributed by atoms with Gasteiger partial charge in [-0.05, 0) is 47.9 Å². The number of benzene rings is 2. The molecule has 3 nitrogen and oxygen atoms in total. The molecule has 0 spiro atoms. The fraction of sp³-hybridized carbons (Fsp3) is 0.278. The van der Waals surface area contributed by atoms with Gasteiger partial charge in [0.05, 0.1) is 6.42 Å². The van der Waals surface area contributed by atoms with Crippen molar-refractivity contribution in [3.8, 4) is 0 Å². The lowest BCUT2D eigenvalue weighted by atomic mass is 10.1. The Balaban J connectivity index is 1.87. The second-order valence-corrected chi connectivity index (χ2v) is 6.14. The van der Waals surface area contributed by atoms with Gasteiger partial charge in [0.25, 0.3) is 0 Å². The molecule has 0 saturated carbocycles. The van der Waals surface area contributed by atoms with Crippen molar-refractivity contribution >= 4 is 28.9 Å². The average molecular weight is 317 g/mol. The van der Waals surface area contributed by atoms with Crippen molar-refractivity contribution in [3.05, 3.63) is 59.1 Å². The molecule has 0 aliphatic heterocycles. The molecule has 0 bridgehead atoms. The van der Waals surface area contributed by atoms with Gasteiger partial charge < -0.3 is 10.6 Å². The normalized spacial score (nSPS) is 10.5. The van der Waals surface area contributed by atoms with Crippen LogP contribution in [0.25, 0.3) is 0 Å². The van der Waals surface area contributed by atoms with Crippen LogP contribution in [0.4, 0.5) is 11.4 Å². The molecule has 0 fully saturated rings. The topological polar surface area (TPSA) is 41.1 Å². The van der Waals surface area contributed by atoms with E-state index in [1.54, 1.807) is 12.1 Å². The maximum absolute atomic E-state index is 12.0. The third-order valence-electron chi connectivity index (χ3n) is 3.16. The molecule has 0 radical (unpaired) electrons. The van der Waals surface area contributed by atoms with Crippen LogP contribution in [0.2, 0.25) is 5.02 Å². The molecule has 22 heavy (non-hydrogen) atoms. The SMILES string of the molecule is CC(C)CNc1ccc(NC(=O)Cc2ccc(Cl)cc2)cc1. The summed E-state index contributed by atoms with van der Waals surface area (Å²) in [6.45, 7) is 5.26. The number of carbonyl (C=O) groups is 1. The van der Waals surface area contributed by atoms with Crippen LogP contribution in [-0.2, 0) is 11.2 Å². The predicted molar refractivity (Wildman–Crippen MR) is 93.6 cm³/mol. The van der Waals surface area contributed by atoms with Crippen LogP contribution in [0.3, 0.4) is 0 Å². The zero-order valence-electron chi connectivity index (χ0n) is 12.9. The van der Waals surface area contributed by atoms with Crippen LogP contribution in [0.15, 0.2) is 48.5 Å². The lowest BCUT2D eigenvalue weighted by Crippen LogP contribution is -2.14. The highest BCUT2D eigenvalue weighted by atomic mass is 35.5. The van der Waals surface area contributed by atoms with Crippen molar-refractivity contribution in [1.82, 2.24) is 0 Å². The molecule has 2 N–H and O–H groups in total. The molecule has 4 heteroatoms. The van der Waals surface area contributed by atoms with E-state index in [0.717, 1.165) is 23.5 Å². The number of hydrogen-bond donors (Lipinski definition) is 2. The second kappa shape index (κ2) is 7.85. The molecular formula is C18H21ClN2O. The van der Waals surface area contributed by atoms with E-state index >= 15 is 0 Å². The Bertz CT molecular complexity index is 606. The Labute approximate surface area is 136 Å². The van der Waals surface area contributed by atoms with E-state index in [-0.39, 0.29) is 5.91 Å². The smallest absolute Gasteiger partial charge is 0.228 e. The maximum atomic E-state index is 12.0. The minimum Gasteiger partial charge on any atom is -0.385 e. The Hall–Kier alpha value is -2.00. The standard InChI is InChI=1S/C18H21ClN2O/c1-13(2)12-20-16-7-9-17(10-8-16)21-18(22)11-14-3-5-15(19)6-4-14/h3-10,13,20H,11-12H2,1-2H3,(H,21,22). The molecule has 116 valence electrons. The zero-order chi connectivity index (χ0) is 15.9. The second-order valence-electron chi connectivity index (χ2n) is 5.70. The zero-order valence-corrected chi connectivity index (χ0v) is 13.7. The number of hydrogen-bond acceptors (Lipinski definition) is 2. The molecule has 1 amide bonds. The predicted octanol–water partition coefficient (Wildman–Crippen LogP) is 4.59. The lowest BCUT2D eigenvalue weighted by molar-refractivity contribution is -0.115. The van der Waals surface area contributed by atoms with Gasteiger partial charge in [-0.3, -0.25) is 4.79 Å². The van der Waals surface area contributed by atoms with E-state index in [0.29, 0.717) is 17.4 Å². The number of anilines is 2. The minimum absolute atomic E-state index is 0.0368. The van der Waals surface area contributed by atoms with Gasteiger partial charge in [-0.2, -0.15) is 0 Å². The molecule has 2 aromatic rings. The largest absolute Gasteiger partial charge is 0.385 e. The fourth-order valence-electron chi connectivity index (χ4n) is 1.99. The Kier molecular flexibility index (Phi) is 5.84. The molecule has 0 heterocycles. The number of nitrogens with one attached hydrogen (secondary N) is 2. The maximum Gasteiger partial charge on any atom is 0.228 e. The van der Waals surface area contributed by atoms with E-state index in [1.807, 2.05) is 36.4 Å². The van der Waals surface area contributed by atoms with Gasteiger partial charge in [-0.1, -0.05) is 37.6 Å². The number of amides is 1. The summed E-state index contributed by atoms with van der Waals surface area (Å²) in [6.07, 6.45) is 0.338. The van der Waals surface area contributed by atoms with Gasteiger partial charge in [0, 0.05) is 22.9 Å². The highest BCUT2D eigenvalue weighted by Crippen LogP contribution is 2.15. The van der Waals surface area contributed by atoms with Crippen molar-refractivity contribution < 1.29 is 4.79 Å². The first kappa shape index (κ1) is 16.4. The highest BCUT2D eigenvalue weighted by Gasteiger charge is 2.04. The Morgan fingerprint density at radius 2 is 1.59 bits per heavy atom. The van der Waals surface area contributed by atoms with Crippen LogP contribution < -0.4 is 10.6 Å². The molecule has 0 aliphatic carbocycles. The Morgan fingerprint density at radius 3 is 2.18 bits per heavy atom. The van der Waals surface area contributed by atoms with Crippen LogP contribution >= 0.6 is 11.6 Å². The van der Waals surface area contributed by atoms with Gasteiger partial charge in [-0.25, -0.2) is 0 Å². The first-order chi connectivity index (χ1) is 10.5. The molecule has 0 unspecified atom stereocenters. The first-order valence-electron chi connectivity index (χ1n) is 7.41. The van der Waals surface area contributed by atoms with E-state index in [9.17, 15) is 4.79 Å². The molecule has 0 aromatic heterocycles. The van der Waals surface area contributed by atoms with Crippen molar-refractivity contribution in [1.29, 1.82) is 0 Å². The van der Waals surface area contributed by atoms with Gasteiger partial charge in [0.1, 0.15) is 0 Å². The van der Waals surface area contributed by atoms with E-state index in [4.69, 9.17) is 11.6 Å². The fourth-order valence-corrected chi connectivity index (χ4v) is 2.11. The summed E-state index contributed by atoms with van der Waals surface area (Å²) >= 11 is 5.83. The molecule has 0 atom stereocenters. The molecule has 2 aromatic carbocycles. The number of halogens is 1. The average Bonchev–Trinajstić information content (AvgIpc) is 2.49. The van der Waals surface area contributed by atoms with Gasteiger partial charge in [0.15, 0.2) is 0 Å². The number of carbonyl (C=O) groups excluding carboxylic acids is 1. The van der Waals surface area contributed by atoms with E-state index < -0.39 is 0 Å². The van der Waals surface area contributed by atoms with Gasteiger partial charge in [0.2, 0.25) is 5.91 Å². The molecule has 0 saturated heterocycles. The monoisotopic (exact) mass is 316 g/mol. The van der Waals surface area contributed by atoms with E-state index in [2.05, 4.69) is 24.5 Å². The third kappa shape index (κ3) is 5.41. The summed E-state index contributed by atoms with van der Waals surface area (Å²) in [5.74, 6) is 0.559. The van der Waals surface area contributed by atoms with Crippen LogP contribution in [0, 0.1) is 5.92 Å². The molecule has 2 rings (SSSR count). The lowest BCUT2D eigenvalue weighted by Gasteiger charge is -2.10. The first-order valence-corrected chi connectivity index (χ1v) is 7.79. The quantitative estimate of drug-likeness (QED) is 0.818. The van der Waals surface area contributed by atoms with Gasteiger partial charge in [-0.15, -0.1) is 0 Å². The molecular weight excluding hydrogens is 296 g/mol. The van der Waals surface area contributed by atoms with Crippen molar-refractivity contribution in [2.45, 2.75) is 20.3 Å². The third-order valence-corrected chi connectivity index (χ3v) is 3.41. The van der Waals surface area contributed by atoms with Crippen LogP contribution in [0.5, 0.6) is 0 Å². The van der Waals surface area contributed by atoms with Crippen molar-refractivity contribution in [2.75, 3.05) is 17.2 Å². The number of rotatable bonds is 6. The Morgan fingerprint density at radius 1 is 1.00 bits per heavy atom. The van der Waals surface area contributed by atoms with Crippen LogP contribution in [-0.4, -0.2) is 12.5 Å². The van der Waals surface area contributed by atoms with E-state index in [1.165, 1.54) is 0 Å². The summed E-state index contributed by atoms with van der Waals surface area (Å²) in [5.41, 5.74) is 2.80. The summed E-state index contributed by atoms with van der Waals surface area (Å²) in [7, 11) is 0. The molecule has 0 aliphatic rings. The summed E-state index contributed by atoms with van der Waals surface area (Å²) in [5, 5.41) is 6.92. The van der Waals surface area contributed by atoms with Crippen molar-refractivity contribution in [2.24, 2.45) is 5.92 Å². The minimum atomic E-state index is -0.0368. The van der Waals surface area contributed by atoms with Gasteiger partial charge >= 0.3 is 0 Å². The highest BCUT2D eigenvalue weighted by molar-refractivity contribution is 6.30. The van der Waals surface area contributed by atoms with Crippen LogP contribution in [0.1, 0.15) is 19.4 Å². The summed E-state index contributed by atoms with van der Waals surface area (Å²) < 4.78 is 0. The summed E-state index contributed by atoms with van der Waals surface area (Å²) in [6, 6.07) is 15.1.